The molecule has 1 N–H and O–H groups in total. The van der Waals surface area contributed by atoms with E-state index in [0.717, 1.165) is 23.4 Å². The second kappa shape index (κ2) is 7.02. The minimum Gasteiger partial charge on any atom is -0.302 e. The number of fused-ring (bicyclic) bond motifs is 3. The van der Waals surface area contributed by atoms with Gasteiger partial charge in [-0.3, -0.25) is 4.79 Å². The summed E-state index contributed by atoms with van der Waals surface area (Å²) in [5, 5.41) is 3.65. The smallest absolute Gasteiger partial charge is 0.230 e. The van der Waals surface area contributed by atoms with Crippen LogP contribution in [0.3, 0.4) is 0 Å². The van der Waals surface area contributed by atoms with Crippen molar-refractivity contribution in [2.75, 3.05) is 11.1 Å². The zero-order chi connectivity index (χ0) is 17.2. The Morgan fingerprint density at radius 1 is 1.20 bits per heavy atom. The van der Waals surface area contributed by atoms with E-state index in [1.54, 1.807) is 23.1 Å². The second-order valence-corrected chi connectivity index (χ2v) is 8.35. The zero-order valence-electron chi connectivity index (χ0n) is 13.9. The first-order chi connectivity index (χ1) is 12.2. The van der Waals surface area contributed by atoms with Gasteiger partial charge in [0.25, 0.3) is 0 Å². The first kappa shape index (κ1) is 16.4. The summed E-state index contributed by atoms with van der Waals surface area (Å²) >= 11 is 3.38. The summed E-state index contributed by atoms with van der Waals surface area (Å²) in [4.78, 5) is 19.4. The number of rotatable bonds is 5. The van der Waals surface area contributed by atoms with Gasteiger partial charge in [-0.15, -0.1) is 23.1 Å². The SMILES string of the molecule is CCSc1ccc(CC(=O)Nc2nc3c(s2)Cc2ccccc2-3)cc1. The molecule has 1 amide bonds. The van der Waals surface area contributed by atoms with E-state index in [1.165, 1.54) is 20.9 Å². The molecular formula is C20H18N2OS2. The molecule has 126 valence electrons. The van der Waals surface area contributed by atoms with Gasteiger partial charge >= 0.3 is 0 Å². The number of aromatic nitrogens is 1. The number of thioether (sulfide) groups is 1. The maximum absolute atomic E-state index is 12.3. The number of anilines is 1. The summed E-state index contributed by atoms with van der Waals surface area (Å²) in [5.74, 6) is 1.04. The van der Waals surface area contributed by atoms with Gasteiger partial charge in [0.2, 0.25) is 5.91 Å². The predicted molar refractivity (Wildman–Crippen MR) is 106 cm³/mol. The molecule has 0 unspecified atom stereocenters. The fourth-order valence-electron chi connectivity index (χ4n) is 3.03. The van der Waals surface area contributed by atoms with Gasteiger partial charge in [-0.25, -0.2) is 4.98 Å². The maximum Gasteiger partial charge on any atom is 0.230 e. The molecule has 0 bridgehead atoms. The van der Waals surface area contributed by atoms with Crippen LogP contribution in [-0.4, -0.2) is 16.6 Å². The fraction of sp³-hybridized carbons (Fsp3) is 0.200. The van der Waals surface area contributed by atoms with Gasteiger partial charge in [-0.2, -0.15) is 0 Å². The summed E-state index contributed by atoms with van der Waals surface area (Å²) in [6, 6.07) is 16.5. The van der Waals surface area contributed by atoms with E-state index in [4.69, 9.17) is 0 Å². The van der Waals surface area contributed by atoms with Crippen molar-refractivity contribution in [3.8, 4) is 11.3 Å². The summed E-state index contributed by atoms with van der Waals surface area (Å²) < 4.78 is 0. The van der Waals surface area contributed by atoms with Gasteiger partial charge in [0.05, 0.1) is 12.1 Å². The fourth-order valence-corrected chi connectivity index (χ4v) is 4.71. The third-order valence-electron chi connectivity index (χ3n) is 4.17. The Bertz CT molecular complexity index is 916. The highest BCUT2D eigenvalue weighted by Gasteiger charge is 2.23. The Kier molecular flexibility index (Phi) is 4.59. The van der Waals surface area contributed by atoms with Crippen LogP contribution in [0.25, 0.3) is 11.3 Å². The highest BCUT2D eigenvalue weighted by Crippen LogP contribution is 2.40. The average Bonchev–Trinajstić information content (AvgIpc) is 3.14. The van der Waals surface area contributed by atoms with Gasteiger partial charge < -0.3 is 5.32 Å². The van der Waals surface area contributed by atoms with Crippen LogP contribution < -0.4 is 5.32 Å². The van der Waals surface area contributed by atoms with Crippen LogP contribution in [0.4, 0.5) is 5.13 Å². The number of hydrogen-bond acceptors (Lipinski definition) is 4. The standard InChI is InChI=1S/C20H18N2OS2/c1-2-24-15-9-7-13(8-10-15)11-18(23)21-20-22-19-16-6-4-3-5-14(16)12-17(19)25-20/h3-10H,2,11-12H2,1H3,(H,21,22,23). The lowest BCUT2D eigenvalue weighted by molar-refractivity contribution is -0.115. The van der Waals surface area contributed by atoms with Crippen LogP contribution >= 0.6 is 23.1 Å². The molecule has 5 heteroatoms. The highest BCUT2D eigenvalue weighted by molar-refractivity contribution is 7.99. The number of nitrogens with one attached hydrogen (secondary N) is 1. The number of thiazole rings is 1. The maximum atomic E-state index is 12.3. The van der Waals surface area contributed by atoms with Crippen molar-refractivity contribution in [1.82, 2.24) is 4.98 Å². The quantitative estimate of drug-likeness (QED) is 0.505. The number of benzene rings is 2. The molecule has 2 aromatic carbocycles. The van der Waals surface area contributed by atoms with Crippen LogP contribution in [0.5, 0.6) is 0 Å². The van der Waals surface area contributed by atoms with E-state index in [-0.39, 0.29) is 5.91 Å². The van der Waals surface area contributed by atoms with Crippen molar-refractivity contribution in [3.05, 3.63) is 64.5 Å². The molecule has 1 heterocycles. The molecule has 3 aromatic rings. The summed E-state index contributed by atoms with van der Waals surface area (Å²) in [7, 11) is 0. The monoisotopic (exact) mass is 366 g/mol. The molecule has 1 aliphatic rings. The predicted octanol–water partition coefficient (Wildman–Crippen LogP) is 5.01. The highest BCUT2D eigenvalue weighted by atomic mass is 32.2. The lowest BCUT2D eigenvalue weighted by atomic mass is 10.1. The van der Waals surface area contributed by atoms with Crippen LogP contribution in [0, 0.1) is 0 Å². The minimum atomic E-state index is -0.0170. The van der Waals surface area contributed by atoms with Gasteiger partial charge in [-0.05, 0) is 29.0 Å². The van der Waals surface area contributed by atoms with Crippen molar-refractivity contribution in [2.45, 2.75) is 24.7 Å². The number of amides is 1. The molecule has 0 atom stereocenters. The molecule has 25 heavy (non-hydrogen) atoms. The first-order valence-electron chi connectivity index (χ1n) is 8.32. The zero-order valence-corrected chi connectivity index (χ0v) is 15.5. The van der Waals surface area contributed by atoms with E-state index < -0.39 is 0 Å². The Labute approximate surface area is 155 Å². The second-order valence-electron chi connectivity index (χ2n) is 5.93. The molecular weight excluding hydrogens is 348 g/mol. The molecule has 1 aromatic heterocycles. The molecule has 4 rings (SSSR count). The lowest BCUT2D eigenvalue weighted by Crippen LogP contribution is -2.14. The molecule has 0 saturated carbocycles. The average molecular weight is 367 g/mol. The van der Waals surface area contributed by atoms with Crippen molar-refractivity contribution in [2.24, 2.45) is 0 Å². The van der Waals surface area contributed by atoms with Gasteiger partial charge in [0.15, 0.2) is 5.13 Å². The third kappa shape index (κ3) is 3.48. The van der Waals surface area contributed by atoms with Crippen molar-refractivity contribution < 1.29 is 4.79 Å². The summed E-state index contributed by atoms with van der Waals surface area (Å²) in [5.41, 5.74) is 4.56. The van der Waals surface area contributed by atoms with Crippen molar-refractivity contribution in [3.63, 3.8) is 0 Å². The van der Waals surface area contributed by atoms with E-state index in [2.05, 4.69) is 47.6 Å². The van der Waals surface area contributed by atoms with Gasteiger partial charge in [0, 0.05) is 21.8 Å². The van der Waals surface area contributed by atoms with E-state index in [9.17, 15) is 4.79 Å². The largest absolute Gasteiger partial charge is 0.302 e. The molecule has 0 radical (unpaired) electrons. The van der Waals surface area contributed by atoms with Crippen LogP contribution in [0.2, 0.25) is 0 Å². The third-order valence-corrected chi connectivity index (χ3v) is 6.03. The summed E-state index contributed by atoms with van der Waals surface area (Å²) in [6.07, 6.45) is 1.29. The van der Waals surface area contributed by atoms with Gasteiger partial charge in [0.1, 0.15) is 0 Å². The van der Waals surface area contributed by atoms with Crippen molar-refractivity contribution in [1.29, 1.82) is 0 Å². The molecule has 0 saturated heterocycles. The Hall–Kier alpha value is -2.11. The molecule has 1 aliphatic carbocycles. The first-order valence-corrected chi connectivity index (χ1v) is 10.1. The van der Waals surface area contributed by atoms with Crippen LogP contribution in [0.15, 0.2) is 53.4 Å². The summed E-state index contributed by atoms with van der Waals surface area (Å²) in [6.45, 7) is 2.13. The molecule has 0 aliphatic heterocycles. The normalized spacial score (nSPS) is 11.9. The Balaban J connectivity index is 1.42. The van der Waals surface area contributed by atoms with Crippen LogP contribution in [-0.2, 0) is 17.6 Å². The number of nitrogens with zero attached hydrogens (tertiary/aromatic N) is 1. The van der Waals surface area contributed by atoms with E-state index in [1.807, 2.05) is 18.2 Å². The van der Waals surface area contributed by atoms with E-state index in [0.29, 0.717) is 11.6 Å². The van der Waals surface area contributed by atoms with Crippen molar-refractivity contribution >= 4 is 34.1 Å². The molecule has 0 spiro atoms. The molecule has 3 nitrogen and oxygen atoms in total. The number of hydrogen-bond donors (Lipinski definition) is 1. The lowest BCUT2D eigenvalue weighted by Gasteiger charge is -2.04. The number of carbonyl (C=O) groups excluding carboxylic acids is 1. The van der Waals surface area contributed by atoms with Gasteiger partial charge in [-0.1, -0.05) is 43.3 Å². The van der Waals surface area contributed by atoms with Crippen LogP contribution in [0.1, 0.15) is 22.9 Å². The Morgan fingerprint density at radius 2 is 2.00 bits per heavy atom. The minimum absolute atomic E-state index is 0.0170. The number of carbonyl (C=O) groups is 1. The Morgan fingerprint density at radius 3 is 2.80 bits per heavy atom. The van der Waals surface area contributed by atoms with E-state index >= 15 is 0 Å². The topological polar surface area (TPSA) is 42.0 Å². The molecule has 0 fully saturated rings.